The Morgan fingerprint density at radius 2 is 1.74 bits per heavy atom. The summed E-state index contributed by atoms with van der Waals surface area (Å²) >= 11 is 0. The summed E-state index contributed by atoms with van der Waals surface area (Å²) in [5.74, 6) is 0. The molecule has 1 aliphatic rings. The van der Waals surface area contributed by atoms with Crippen LogP contribution < -0.4 is 4.72 Å². The van der Waals surface area contributed by atoms with Gasteiger partial charge < -0.3 is 0 Å². The zero-order valence-electron chi connectivity index (χ0n) is 11.1. The van der Waals surface area contributed by atoms with Gasteiger partial charge in [-0.3, -0.25) is 0 Å². The summed E-state index contributed by atoms with van der Waals surface area (Å²) in [5, 5.41) is 0. The molecule has 1 aromatic carbocycles. The molecule has 106 valence electrons. The molecule has 1 fully saturated rings. The summed E-state index contributed by atoms with van der Waals surface area (Å²) in [6, 6.07) is 6.01. The minimum absolute atomic E-state index is 0.203. The third kappa shape index (κ3) is 3.76. The first kappa shape index (κ1) is 14.5. The van der Waals surface area contributed by atoms with E-state index in [1.54, 1.807) is 24.3 Å². The van der Waals surface area contributed by atoms with Crippen molar-refractivity contribution in [3.05, 3.63) is 29.8 Å². The highest BCUT2D eigenvalue weighted by Gasteiger charge is 2.28. The van der Waals surface area contributed by atoms with Gasteiger partial charge in [-0.15, -0.1) is 0 Å². The predicted molar refractivity (Wildman–Crippen MR) is 73.3 cm³/mol. The third-order valence-corrected chi connectivity index (χ3v) is 5.08. The average Bonchev–Trinajstić information content (AvgIpc) is 2.55. The summed E-state index contributed by atoms with van der Waals surface area (Å²) in [6.07, 6.45) is 2.63. The van der Waals surface area contributed by atoms with Crippen molar-refractivity contribution in [3.63, 3.8) is 0 Å². The van der Waals surface area contributed by atoms with Crippen LogP contribution in [0.15, 0.2) is 29.2 Å². The lowest BCUT2D eigenvalue weighted by molar-refractivity contribution is 0.255. The molecule has 5 heteroatoms. The summed E-state index contributed by atoms with van der Waals surface area (Å²) in [5.41, 5.74) is 0.997. The van der Waals surface area contributed by atoms with Gasteiger partial charge >= 0.3 is 0 Å². The second kappa shape index (κ2) is 6.01. The molecule has 0 aromatic heterocycles. The lowest BCUT2D eigenvalue weighted by Gasteiger charge is -2.20. The Bertz CT molecular complexity index is 513. The van der Waals surface area contributed by atoms with Crippen LogP contribution in [0.1, 0.15) is 37.7 Å². The van der Waals surface area contributed by atoms with Crippen LogP contribution in [0.25, 0.3) is 0 Å². The highest BCUT2D eigenvalue weighted by atomic mass is 32.2. The Hall–Kier alpha value is -0.940. The Labute approximate surface area is 114 Å². The van der Waals surface area contributed by atoms with Gasteiger partial charge in [0.25, 0.3) is 0 Å². The fraction of sp³-hybridized carbons (Fsp3) is 0.571. The number of aryl methyl sites for hydroxylation is 1. The van der Waals surface area contributed by atoms with Crippen molar-refractivity contribution in [1.82, 2.24) is 4.72 Å². The molecule has 1 N–H and O–H groups in total. The second-order valence-electron chi connectivity index (χ2n) is 5.19. The van der Waals surface area contributed by atoms with Crippen LogP contribution in [-0.4, -0.2) is 20.6 Å². The maximum atomic E-state index is 13.9. The molecule has 1 saturated carbocycles. The molecule has 2 atom stereocenters. The quantitative estimate of drug-likeness (QED) is 0.868. The number of hydrogen-bond acceptors (Lipinski definition) is 2. The molecule has 0 aliphatic heterocycles. The van der Waals surface area contributed by atoms with E-state index in [2.05, 4.69) is 4.72 Å². The van der Waals surface area contributed by atoms with E-state index in [9.17, 15) is 12.8 Å². The normalized spacial score (nSPS) is 24.9. The minimum Gasteiger partial charge on any atom is -0.246 e. The third-order valence-electron chi connectivity index (χ3n) is 3.57. The van der Waals surface area contributed by atoms with Crippen molar-refractivity contribution < 1.29 is 12.8 Å². The number of rotatable bonds is 3. The van der Waals surface area contributed by atoms with Gasteiger partial charge in [-0.1, -0.05) is 37.0 Å². The van der Waals surface area contributed by atoms with Gasteiger partial charge in [-0.2, -0.15) is 0 Å². The Morgan fingerprint density at radius 3 is 2.42 bits per heavy atom. The van der Waals surface area contributed by atoms with E-state index in [-0.39, 0.29) is 4.90 Å². The molecule has 0 bridgehead atoms. The van der Waals surface area contributed by atoms with Crippen LogP contribution in [0.3, 0.4) is 0 Å². The molecule has 0 radical (unpaired) electrons. The molecule has 0 heterocycles. The molecule has 0 saturated heterocycles. The predicted octanol–water partition coefficient (Wildman–Crippen LogP) is 2.94. The van der Waals surface area contributed by atoms with E-state index >= 15 is 0 Å². The zero-order valence-corrected chi connectivity index (χ0v) is 11.9. The first-order chi connectivity index (χ1) is 8.99. The largest absolute Gasteiger partial charge is 0.246 e. The van der Waals surface area contributed by atoms with Crippen molar-refractivity contribution in [2.45, 2.75) is 56.1 Å². The van der Waals surface area contributed by atoms with Crippen molar-refractivity contribution >= 4 is 10.0 Å². The Kier molecular flexibility index (Phi) is 4.58. The molecule has 2 unspecified atom stereocenters. The lowest BCUT2D eigenvalue weighted by atomic mass is 10.1. The van der Waals surface area contributed by atoms with Gasteiger partial charge in [0.2, 0.25) is 10.0 Å². The number of nitrogens with one attached hydrogen (secondary N) is 1. The van der Waals surface area contributed by atoms with Crippen LogP contribution in [0.5, 0.6) is 0 Å². The van der Waals surface area contributed by atoms with E-state index in [1.165, 1.54) is 0 Å². The second-order valence-corrected chi connectivity index (χ2v) is 6.91. The van der Waals surface area contributed by atoms with E-state index < -0.39 is 22.2 Å². The van der Waals surface area contributed by atoms with Crippen molar-refractivity contribution in [2.75, 3.05) is 0 Å². The van der Waals surface area contributed by atoms with Crippen LogP contribution in [0.2, 0.25) is 0 Å². The number of hydrogen-bond donors (Lipinski definition) is 1. The van der Waals surface area contributed by atoms with E-state index in [1.807, 2.05) is 6.92 Å². The summed E-state index contributed by atoms with van der Waals surface area (Å²) in [4.78, 5) is 0.203. The topological polar surface area (TPSA) is 46.2 Å². The minimum atomic E-state index is -3.62. The Morgan fingerprint density at radius 1 is 1.11 bits per heavy atom. The molecule has 0 spiro atoms. The number of alkyl halides is 1. The molecular formula is C14H20FNO2S. The van der Waals surface area contributed by atoms with Gasteiger partial charge in [0.1, 0.15) is 6.17 Å². The summed E-state index contributed by atoms with van der Waals surface area (Å²) in [6.45, 7) is 1.90. The van der Waals surface area contributed by atoms with Crippen LogP contribution in [-0.2, 0) is 10.0 Å². The molecule has 0 amide bonds. The standard InChI is InChI=1S/C14H20FNO2S/c1-11-7-9-12(10-8-11)19(17,18)16-14-6-4-2-3-5-13(14)15/h7-10,13-14,16H,2-6H2,1H3. The van der Waals surface area contributed by atoms with Crippen LogP contribution in [0.4, 0.5) is 4.39 Å². The summed E-state index contributed by atoms with van der Waals surface area (Å²) < 4.78 is 40.8. The number of sulfonamides is 1. The molecule has 1 aliphatic carbocycles. The van der Waals surface area contributed by atoms with Gasteiger partial charge in [0, 0.05) is 0 Å². The van der Waals surface area contributed by atoms with Crippen molar-refractivity contribution in [1.29, 1.82) is 0 Å². The molecule has 1 aromatic rings. The van der Waals surface area contributed by atoms with Gasteiger partial charge in [0.15, 0.2) is 0 Å². The van der Waals surface area contributed by atoms with E-state index in [4.69, 9.17) is 0 Å². The first-order valence-electron chi connectivity index (χ1n) is 6.72. The first-order valence-corrected chi connectivity index (χ1v) is 8.20. The fourth-order valence-corrected chi connectivity index (χ4v) is 3.67. The van der Waals surface area contributed by atoms with E-state index in [0.29, 0.717) is 12.8 Å². The Balaban J connectivity index is 2.13. The fourth-order valence-electron chi connectivity index (χ4n) is 2.38. The zero-order chi connectivity index (χ0) is 13.9. The average molecular weight is 285 g/mol. The smallest absolute Gasteiger partial charge is 0.240 e. The highest BCUT2D eigenvalue weighted by molar-refractivity contribution is 7.89. The number of halogens is 1. The van der Waals surface area contributed by atoms with Crippen molar-refractivity contribution in [3.8, 4) is 0 Å². The van der Waals surface area contributed by atoms with Crippen LogP contribution >= 0.6 is 0 Å². The maximum Gasteiger partial charge on any atom is 0.240 e. The van der Waals surface area contributed by atoms with E-state index in [0.717, 1.165) is 24.8 Å². The summed E-state index contributed by atoms with van der Waals surface area (Å²) in [7, 11) is -3.62. The van der Waals surface area contributed by atoms with Gasteiger partial charge in [-0.05, 0) is 31.9 Å². The van der Waals surface area contributed by atoms with Crippen molar-refractivity contribution in [2.24, 2.45) is 0 Å². The highest BCUT2D eigenvalue weighted by Crippen LogP contribution is 2.22. The lowest BCUT2D eigenvalue weighted by Crippen LogP contribution is -2.40. The molecular weight excluding hydrogens is 265 g/mol. The SMILES string of the molecule is Cc1ccc(S(=O)(=O)NC2CCCCCC2F)cc1. The van der Waals surface area contributed by atoms with Crippen LogP contribution in [0, 0.1) is 6.92 Å². The number of benzene rings is 1. The maximum absolute atomic E-state index is 13.9. The molecule has 3 nitrogen and oxygen atoms in total. The molecule has 19 heavy (non-hydrogen) atoms. The van der Waals surface area contributed by atoms with Gasteiger partial charge in [-0.25, -0.2) is 17.5 Å². The monoisotopic (exact) mass is 285 g/mol. The van der Waals surface area contributed by atoms with Gasteiger partial charge in [0.05, 0.1) is 10.9 Å². The molecule has 2 rings (SSSR count).